The van der Waals surface area contributed by atoms with Crippen molar-refractivity contribution in [2.75, 3.05) is 39.3 Å². The molecule has 1 rings (SSSR count). The molecule has 96 valence electrons. The van der Waals surface area contributed by atoms with Crippen LogP contribution < -0.4 is 21.3 Å². The molecule has 0 aliphatic carbocycles. The molecule has 6 heteroatoms. The lowest BCUT2D eigenvalue weighted by atomic mass is 10.3. The number of aliphatic hydroxyl groups excluding tert-OH is 2. The Balaban J connectivity index is 2.18. The van der Waals surface area contributed by atoms with Gasteiger partial charge in [-0.2, -0.15) is 0 Å². The van der Waals surface area contributed by atoms with Crippen molar-refractivity contribution in [3.05, 3.63) is 0 Å². The van der Waals surface area contributed by atoms with Crippen molar-refractivity contribution in [3.63, 3.8) is 0 Å². The zero-order valence-electron chi connectivity index (χ0n) is 9.71. The molecule has 1 fully saturated rings. The number of aliphatic hydroxyl groups is 2. The highest BCUT2D eigenvalue weighted by atomic mass is 16.3. The number of nitrogens with one attached hydrogen (secondary N) is 4. The predicted molar refractivity (Wildman–Crippen MR) is 63.0 cm³/mol. The van der Waals surface area contributed by atoms with E-state index in [0.29, 0.717) is 13.1 Å². The van der Waals surface area contributed by atoms with Crippen LogP contribution in [0.5, 0.6) is 0 Å². The lowest BCUT2D eigenvalue weighted by Gasteiger charge is -2.17. The number of hydrogen-bond donors (Lipinski definition) is 6. The Kier molecular flexibility index (Phi) is 7.65. The summed E-state index contributed by atoms with van der Waals surface area (Å²) in [5.74, 6) is 0. The van der Waals surface area contributed by atoms with Crippen LogP contribution in [0.3, 0.4) is 0 Å². The molecule has 0 saturated carbocycles. The van der Waals surface area contributed by atoms with Crippen LogP contribution in [0.25, 0.3) is 0 Å². The summed E-state index contributed by atoms with van der Waals surface area (Å²) in [6.07, 6.45) is 0.898. The van der Waals surface area contributed by atoms with E-state index < -0.39 is 12.5 Å². The Morgan fingerprint density at radius 2 is 1.12 bits per heavy atom. The van der Waals surface area contributed by atoms with E-state index >= 15 is 0 Å². The topological polar surface area (TPSA) is 88.6 Å². The maximum atomic E-state index is 9.51. The van der Waals surface area contributed by atoms with Crippen molar-refractivity contribution >= 4 is 0 Å². The second kappa shape index (κ2) is 8.86. The first kappa shape index (κ1) is 13.8. The van der Waals surface area contributed by atoms with Crippen molar-refractivity contribution in [3.8, 4) is 0 Å². The summed E-state index contributed by atoms with van der Waals surface area (Å²) in [5, 5.41) is 31.4. The molecule has 0 amide bonds. The molecule has 0 aromatic heterocycles. The second-order valence-electron chi connectivity index (χ2n) is 4.06. The Hall–Kier alpha value is -0.240. The van der Waals surface area contributed by atoms with Gasteiger partial charge in [-0.05, 0) is 39.0 Å². The van der Waals surface area contributed by atoms with Crippen molar-refractivity contribution < 1.29 is 10.2 Å². The molecule has 0 spiro atoms. The van der Waals surface area contributed by atoms with Gasteiger partial charge in [-0.25, -0.2) is 0 Å². The van der Waals surface area contributed by atoms with Gasteiger partial charge in [0.1, 0.15) is 12.5 Å². The van der Waals surface area contributed by atoms with Gasteiger partial charge in [0.2, 0.25) is 0 Å². The fourth-order valence-corrected chi connectivity index (χ4v) is 1.59. The van der Waals surface area contributed by atoms with Gasteiger partial charge in [0.15, 0.2) is 0 Å². The first-order chi connectivity index (χ1) is 7.79. The SMILES string of the molecule is OC1CNCCCNCC(O)NCCCN1. The van der Waals surface area contributed by atoms with E-state index in [1.54, 1.807) is 0 Å². The van der Waals surface area contributed by atoms with Gasteiger partial charge in [-0.3, -0.25) is 10.6 Å². The summed E-state index contributed by atoms with van der Waals surface area (Å²) in [5.41, 5.74) is 0. The monoisotopic (exact) mass is 232 g/mol. The molecule has 2 atom stereocenters. The molecule has 0 aromatic rings. The molecule has 0 aromatic carbocycles. The van der Waals surface area contributed by atoms with Crippen LogP contribution in [0.2, 0.25) is 0 Å². The average Bonchev–Trinajstić information content (AvgIpc) is 2.26. The smallest absolute Gasteiger partial charge is 0.117 e. The van der Waals surface area contributed by atoms with E-state index in [9.17, 15) is 10.2 Å². The molecular weight excluding hydrogens is 208 g/mol. The molecular formula is C10H24N4O2. The van der Waals surface area contributed by atoms with Crippen LogP contribution in [0, 0.1) is 0 Å². The average molecular weight is 232 g/mol. The summed E-state index contributed by atoms with van der Waals surface area (Å²) >= 11 is 0. The molecule has 0 bridgehead atoms. The Bertz CT molecular complexity index is 155. The van der Waals surface area contributed by atoms with Crippen LogP contribution in [-0.2, 0) is 0 Å². The third-order valence-electron chi connectivity index (χ3n) is 2.50. The van der Waals surface area contributed by atoms with Gasteiger partial charge in [0.05, 0.1) is 0 Å². The molecule has 2 unspecified atom stereocenters. The Morgan fingerprint density at radius 1 is 0.688 bits per heavy atom. The van der Waals surface area contributed by atoms with Gasteiger partial charge in [0.25, 0.3) is 0 Å². The lowest BCUT2D eigenvalue weighted by molar-refractivity contribution is 0.124. The summed E-state index contributed by atoms with van der Waals surface area (Å²) in [6.45, 7) is 4.39. The third kappa shape index (κ3) is 7.10. The quantitative estimate of drug-likeness (QED) is 0.283. The van der Waals surface area contributed by atoms with E-state index in [1.165, 1.54) is 0 Å². The third-order valence-corrected chi connectivity index (χ3v) is 2.50. The molecule has 1 heterocycles. The predicted octanol–water partition coefficient (Wildman–Crippen LogP) is -2.22. The van der Waals surface area contributed by atoms with E-state index in [1.807, 2.05) is 0 Å². The Morgan fingerprint density at radius 3 is 1.62 bits per heavy atom. The van der Waals surface area contributed by atoms with E-state index in [-0.39, 0.29) is 0 Å². The molecule has 1 aliphatic rings. The highest BCUT2D eigenvalue weighted by molar-refractivity contribution is 4.63. The van der Waals surface area contributed by atoms with Crippen LogP contribution >= 0.6 is 0 Å². The molecule has 1 aliphatic heterocycles. The number of β-amino-alcohol motifs (C(OH)–C–C–N with tert-alkyl or cyclic N) is 2. The minimum absolute atomic E-state index is 0.485. The maximum Gasteiger partial charge on any atom is 0.117 e. The van der Waals surface area contributed by atoms with Crippen molar-refractivity contribution in [1.82, 2.24) is 21.3 Å². The highest BCUT2D eigenvalue weighted by Crippen LogP contribution is 1.83. The highest BCUT2D eigenvalue weighted by Gasteiger charge is 2.04. The summed E-state index contributed by atoms with van der Waals surface area (Å²) in [6, 6.07) is 0. The van der Waals surface area contributed by atoms with Crippen LogP contribution in [0.15, 0.2) is 0 Å². The molecule has 16 heavy (non-hydrogen) atoms. The van der Waals surface area contributed by atoms with E-state index in [4.69, 9.17) is 0 Å². The van der Waals surface area contributed by atoms with Gasteiger partial charge in [0, 0.05) is 13.1 Å². The zero-order valence-corrected chi connectivity index (χ0v) is 9.71. The fourth-order valence-electron chi connectivity index (χ4n) is 1.59. The molecule has 6 nitrogen and oxygen atoms in total. The first-order valence-corrected chi connectivity index (χ1v) is 6.03. The summed E-state index contributed by atoms with van der Waals surface area (Å²) < 4.78 is 0. The number of hydrogen-bond acceptors (Lipinski definition) is 6. The largest absolute Gasteiger partial charge is 0.377 e. The fraction of sp³-hybridized carbons (Fsp3) is 1.00. The lowest BCUT2D eigenvalue weighted by Crippen LogP contribution is -2.43. The van der Waals surface area contributed by atoms with Crippen LogP contribution in [0.1, 0.15) is 12.8 Å². The van der Waals surface area contributed by atoms with Crippen molar-refractivity contribution in [1.29, 1.82) is 0 Å². The van der Waals surface area contributed by atoms with E-state index in [0.717, 1.165) is 39.0 Å². The number of rotatable bonds is 0. The van der Waals surface area contributed by atoms with Gasteiger partial charge in [-0.15, -0.1) is 0 Å². The van der Waals surface area contributed by atoms with Crippen LogP contribution in [-0.4, -0.2) is 61.9 Å². The summed E-state index contributed by atoms with van der Waals surface area (Å²) in [4.78, 5) is 0. The Labute approximate surface area is 96.8 Å². The van der Waals surface area contributed by atoms with Gasteiger partial charge in [-0.1, -0.05) is 0 Å². The molecule has 1 saturated heterocycles. The second-order valence-corrected chi connectivity index (χ2v) is 4.06. The zero-order chi connectivity index (χ0) is 11.6. The standard InChI is InChI=1S/C10H24N4O2/c15-9-7-11-3-1-4-12-8-10(16)14-6-2-5-13-9/h9-16H,1-8H2. The normalized spacial score (nSPS) is 31.9. The summed E-state index contributed by atoms with van der Waals surface area (Å²) in [7, 11) is 0. The van der Waals surface area contributed by atoms with Crippen molar-refractivity contribution in [2.24, 2.45) is 0 Å². The first-order valence-electron chi connectivity index (χ1n) is 6.03. The van der Waals surface area contributed by atoms with E-state index in [2.05, 4.69) is 21.3 Å². The molecule has 6 N–H and O–H groups in total. The minimum atomic E-state index is -0.485. The molecule has 0 radical (unpaired) electrons. The van der Waals surface area contributed by atoms with Crippen LogP contribution in [0.4, 0.5) is 0 Å². The van der Waals surface area contributed by atoms with Crippen molar-refractivity contribution in [2.45, 2.75) is 25.3 Å². The minimum Gasteiger partial charge on any atom is -0.377 e. The maximum absolute atomic E-state index is 9.51. The van der Waals surface area contributed by atoms with Gasteiger partial charge < -0.3 is 20.8 Å². The van der Waals surface area contributed by atoms with Gasteiger partial charge >= 0.3 is 0 Å².